The van der Waals surface area contributed by atoms with Gasteiger partial charge in [-0.3, -0.25) is 0 Å². The molecule has 0 fully saturated rings. The Kier molecular flexibility index (Phi) is 2.22. The number of fused-ring (bicyclic) bond motifs is 1. The molecule has 0 saturated carbocycles. The van der Waals surface area contributed by atoms with Crippen LogP contribution in [0.15, 0.2) is 33.0 Å². The summed E-state index contributed by atoms with van der Waals surface area (Å²) in [6.45, 7) is 0. The highest BCUT2D eigenvalue weighted by molar-refractivity contribution is 7.99. The van der Waals surface area contributed by atoms with Gasteiger partial charge in [0, 0.05) is 18.8 Å². The van der Waals surface area contributed by atoms with E-state index in [1.165, 1.54) is 11.8 Å². The summed E-state index contributed by atoms with van der Waals surface area (Å²) in [5.74, 6) is 0. The van der Waals surface area contributed by atoms with E-state index < -0.39 is 0 Å². The SMILES string of the molecule is Cn1nnnc1Sc1nc2c(N)cccc2o1. The van der Waals surface area contributed by atoms with Crippen molar-refractivity contribution >= 4 is 28.5 Å². The highest BCUT2D eigenvalue weighted by atomic mass is 32.2. The summed E-state index contributed by atoms with van der Waals surface area (Å²) in [6, 6.07) is 5.42. The predicted molar refractivity (Wildman–Crippen MR) is 61.3 cm³/mol. The van der Waals surface area contributed by atoms with Crippen molar-refractivity contribution in [3.8, 4) is 0 Å². The van der Waals surface area contributed by atoms with Crippen LogP contribution in [-0.4, -0.2) is 25.2 Å². The van der Waals surface area contributed by atoms with E-state index in [-0.39, 0.29) is 0 Å². The van der Waals surface area contributed by atoms with Crippen LogP contribution >= 0.6 is 11.8 Å². The van der Waals surface area contributed by atoms with Crippen LogP contribution < -0.4 is 5.73 Å². The van der Waals surface area contributed by atoms with Gasteiger partial charge in [0.15, 0.2) is 5.58 Å². The Morgan fingerprint density at radius 1 is 1.41 bits per heavy atom. The maximum Gasteiger partial charge on any atom is 0.264 e. The molecule has 0 aliphatic rings. The number of nitrogens with zero attached hydrogens (tertiary/aromatic N) is 5. The summed E-state index contributed by atoms with van der Waals surface area (Å²) in [6.07, 6.45) is 0. The van der Waals surface area contributed by atoms with Crippen LogP contribution in [0.2, 0.25) is 0 Å². The van der Waals surface area contributed by atoms with E-state index in [0.29, 0.717) is 27.2 Å². The maximum atomic E-state index is 5.80. The van der Waals surface area contributed by atoms with Gasteiger partial charge in [-0.05, 0) is 22.6 Å². The molecule has 3 rings (SSSR count). The highest BCUT2D eigenvalue weighted by Gasteiger charge is 2.12. The summed E-state index contributed by atoms with van der Waals surface area (Å²) >= 11 is 1.25. The molecule has 0 bridgehead atoms. The van der Waals surface area contributed by atoms with E-state index in [2.05, 4.69) is 20.5 Å². The number of benzene rings is 1. The molecular weight excluding hydrogens is 240 g/mol. The van der Waals surface area contributed by atoms with Crippen LogP contribution in [0.1, 0.15) is 0 Å². The minimum absolute atomic E-state index is 0.468. The van der Waals surface area contributed by atoms with Gasteiger partial charge in [-0.2, -0.15) is 0 Å². The van der Waals surface area contributed by atoms with E-state index >= 15 is 0 Å². The molecule has 0 spiro atoms. The summed E-state index contributed by atoms with van der Waals surface area (Å²) in [7, 11) is 1.75. The molecule has 0 aliphatic carbocycles. The molecule has 0 amide bonds. The monoisotopic (exact) mass is 248 g/mol. The van der Waals surface area contributed by atoms with Crippen molar-refractivity contribution in [1.82, 2.24) is 25.2 Å². The van der Waals surface area contributed by atoms with Crippen LogP contribution in [0.4, 0.5) is 5.69 Å². The molecule has 8 heteroatoms. The molecule has 0 atom stereocenters. The molecule has 2 aromatic heterocycles. The van der Waals surface area contributed by atoms with E-state index in [0.717, 1.165) is 0 Å². The van der Waals surface area contributed by atoms with E-state index in [1.807, 2.05) is 12.1 Å². The van der Waals surface area contributed by atoms with Gasteiger partial charge in [0.25, 0.3) is 5.22 Å². The molecule has 0 saturated heterocycles. The number of hydrogen-bond donors (Lipinski definition) is 1. The smallest absolute Gasteiger partial charge is 0.264 e. The number of para-hydroxylation sites is 1. The van der Waals surface area contributed by atoms with Gasteiger partial charge in [-0.15, -0.1) is 5.10 Å². The van der Waals surface area contributed by atoms with Crippen molar-refractivity contribution in [2.24, 2.45) is 7.05 Å². The Labute approximate surface area is 100.0 Å². The van der Waals surface area contributed by atoms with Gasteiger partial charge in [0.1, 0.15) is 5.52 Å². The fourth-order valence-corrected chi connectivity index (χ4v) is 2.05. The van der Waals surface area contributed by atoms with E-state index in [9.17, 15) is 0 Å². The van der Waals surface area contributed by atoms with Crippen molar-refractivity contribution in [2.45, 2.75) is 10.4 Å². The Morgan fingerprint density at radius 2 is 2.29 bits per heavy atom. The summed E-state index contributed by atoms with van der Waals surface area (Å²) in [4.78, 5) is 4.29. The number of aromatic nitrogens is 5. The van der Waals surface area contributed by atoms with E-state index in [1.54, 1.807) is 17.8 Å². The number of aryl methyl sites for hydroxylation is 1. The lowest BCUT2D eigenvalue weighted by molar-refractivity contribution is 0.487. The van der Waals surface area contributed by atoms with Crippen LogP contribution in [0, 0.1) is 0 Å². The fraction of sp³-hybridized carbons (Fsp3) is 0.111. The second-order valence-electron chi connectivity index (χ2n) is 3.36. The number of oxazole rings is 1. The van der Waals surface area contributed by atoms with Crippen molar-refractivity contribution in [3.05, 3.63) is 18.2 Å². The normalized spacial score (nSPS) is 11.1. The third-order valence-corrected chi connectivity index (χ3v) is 3.07. The number of anilines is 1. The lowest BCUT2D eigenvalue weighted by Crippen LogP contribution is -1.92. The Balaban J connectivity index is 2.02. The zero-order valence-electron chi connectivity index (χ0n) is 8.86. The van der Waals surface area contributed by atoms with Gasteiger partial charge >= 0.3 is 0 Å². The largest absolute Gasteiger partial charge is 0.431 e. The molecular formula is C9H8N6OS. The van der Waals surface area contributed by atoms with Gasteiger partial charge in [0.05, 0.1) is 5.69 Å². The van der Waals surface area contributed by atoms with Gasteiger partial charge in [0.2, 0.25) is 5.16 Å². The molecule has 1 aromatic carbocycles. The number of hydrogen-bond acceptors (Lipinski definition) is 7. The molecule has 2 N–H and O–H groups in total. The first-order valence-corrected chi connectivity index (χ1v) is 5.61. The average Bonchev–Trinajstić information content (AvgIpc) is 2.87. The minimum Gasteiger partial charge on any atom is -0.431 e. The molecule has 0 aliphatic heterocycles. The zero-order valence-corrected chi connectivity index (χ0v) is 9.68. The summed E-state index contributed by atoms with van der Waals surface area (Å²) in [5, 5.41) is 12.2. The third kappa shape index (κ3) is 1.72. The lowest BCUT2D eigenvalue weighted by atomic mass is 10.3. The first kappa shape index (κ1) is 10.1. The molecule has 2 heterocycles. The molecule has 7 nitrogen and oxygen atoms in total. The molecule has 17 heavy (non-hydrogen) atoms. The lowest BCUT2D eigenvalue weighted by Gasteiger charge is -1.91. The Morgan fingerprint density at radius 3 is 3.00 bits per heavy atom. The second kappa shape index (κ2) is 3.74. The Hall–Kier alpha value is -2.09. The topological polar surface area (TPSA) is 95.7 Å². The second-order valence-corrected chi connectivity index (χ2v) is 4.28. The fourth-order valence-electron chi connectivity index (χ4n) is 1.38. The predicted octanol–water partition coefficient (Wildman–Crippen LogP) is 1.08. The van der Waals surface area contributed by atoms with Gasteiger partial charge in [-0.1, -0.05) is 6.07 Å². The number of nitrogens with two attached hydrogens (primary N) is 1. The maximum absolute atomic E-state index is 5.80. The first-order chi connectivity index (χ1) is 8.24. The number of rotatable bonds is 2. The Bertz CT molecular complexity index is 675. The minimum atomic E-state index is 0.468. The molecule has 3 aromatic rings. The quantitative estimate of drug-likeness (QED) is 0.678. The van der Waals surface area contributed by atoms with Crippen LogP contribution in [0.5, 0.6) is 0 Å². The zero-order chi connectivity index (χ0) is 11.8. The van der Waals surface area contributed by atoms with Gasteiger partial charge in [-0.25, -0.2) is 9.67 Å². The van der Waals surface area contributed by atoms with Gasteiger partial charge < -0.3 is 10.2 Å². The summed E-state index contributed by atoms with van der Waals surface area (Å²) in [5.41, 5.74) is 7.70. The number of tetrazole rings is 1. The van der Waals surface area contributed by atoms with Crippen molar-refractivity contribution in [1.29, 1.82) is 0 Å². The standard InChI is InChI=1S/C9H8N6OS/c1-15-8(12-13-14-15)17-9-11-7-5(10)3-2-4-6(7)16-9/h2-4H,10H2,1H3. The average molecular weight is 248 g/mol. The van der Waals surface area contributed by atoms with Crippen molar-refractivity contribution in [2.75, 3.05) is 5.73 Å². The highest BCUT2D eigenvalue weighted by Crippen LogP contribution is 2.29. The van der Waals surface area contributed by atoms with E-state index in [4.69, 9.17) is 10.2 Å². The third-order valence-electron chi connectivity index (χ3n) is 2.19. The number of nitrogen functional groups attached to an aromatic ring is 1. The van der Waals surface area contributed by atoms with Crippen molar-refractivity contribution in [3.63, 3.8) is 0 Å². The molecule has 0 radical (unpaired) electrons. The van der Waals surface area contributed by atoms with Crippen LogP contribution in [-0.2, 0) is 7.05 Å². The molecule has 0 unspecified atom stereocenters. The summed E-state index contributed by atoms with van der Waals surface area (Å²) < 4.78 is 7.08. The van der Waals surface area contributed by atoms with Crippen molar-refractivity contribution < 1.29 is 4.42 Å². The van der Waals surface area contributed by atoms with Crippen LogP contribution in [0.25, 0.3) is 11.1 Å². The molecule has 86 valence electrons. The first-order valence-electron chi connectivity index (χ1n) is 4.79. The van der Waals surface area contributed by atoms with Crippen LogP contribution in [0.3, 0.4) is 0 Å².